The SMILES string of the molecule is C=CCCCCCC(=O)c1ccc(Br)s1. The lowest BCUT2D eigenvalue weighted by atomic mass is 10.1. The van der Waals surface area contributed by atoms with E-state index in [0.717, 1.165) is 34.3 Å². The first kappa shape index (κ1) is 12.7. The molecule has 0 spiro atoms. The van der Waals surface area contributed by atoms with Gasteiger partial charge in [0, 0.05) is 6.42 Å². The van der Waals surface area contributed by atoms with E-state index in [1.165, 1.54) is 11.3 Å². The maximum Gasteiger partial charge on any atom is 0.172 e. The Hall–Kier alpha value is -0.410. The predicted octanol–water partition coefficient (Wildman–Crippen LogP) is 4.83. The summed E-state index contributed by atoms with van der Waals surface area (Å²) in [5.74, 6) is 0.268. The second kappa shape index (κ2) is 6.96. The monoisotopic (exact) mass is 286 g/mol. The Morgan fingerprint density at radius 1 is 1.40 bits per heavy atom. The highest BCUT2D eigenvalue weighted by molar-refractivity contribution is 9.11. The molecule has 0 N–H and O–H groups in total. The summed E-state index contributed by atoms with van der Waals surface area (Å²) in [4.78, 5) is 12.5. The number of thiophene rings is 1. The van der Waals surface area contributed by atoms with E-state index in [4.69, 9.17) is 0 Å². The van der Waals surface area contributed by atoms with Gasteiger partial charge in [0.1, 0.15) is 0 Å². The fourth-order valence-electron chi connectivity index (χ4n) is 1.34. The number of hydrogen-bond acceptors (Lipinski definition) is 2. The highest BCUT2D eigenvalue weighted by Crippen LogP contribution is 2.23. The predicted molar refractivity (Wildman–Crippen MR) is 69.6 cm³/mol. The van der Waals surface area contributed by atoms with Gasteiger partial charge in [-0.15, -0.1) is 17.9 Å². The van der Waals surface area contributed by atoms with Crippen LogP contribution in [0.5, 0.6) is 0 Å². The molecule has 1 heterocycles. The first-order valence-electron chi connectivity index (χ1n) is 5.13. The van der Waals surface area contributed by atoms with Gasteiger partial charge in [-0.1, -0.05) is 12.5 Å². The Kier molecular flexibility index (Phi) is 5.88. The molecule has 0 aliphatic carbocycles. The van der Waals surface area contributed by atoms with Crippen LogP contribution in [0.15, 0.2) is 28.6 Å². The zero-order valence-electron chi connectivity index (χ0n) is 8.67. The minimum Gasteiger partial charge on any atom is -0.293 e. The first-order chi connectivity index (χ1) is 7.24. The molecule has 0 amide bonds. The Morgan fingerprint density at radius 2 is 2.20 bits per heavy atom. The maximum absolute atomic E-state index is 11.7. The standard InChI is InChI=1S/C12H15BrOS/c1-2-3-4-5-6-7-10(14)11-8-9-12(13)15-11/h2,8-9H,1,3-7H2. The molecule has 0 fully saturated rings. The molecule has 3 heteroatoms. The Morgan fingerprint density at radius 3 is 2.80 bits per heavy atom. The van der Waals surface area contributed by atoms with E-state index in [1.807, 2.05) is 18.2 Å². The molecular formula is C12H15BrOS. The van der Waals surface area contributed by atoms with E-state index in [0.29, 0.717) is 6.42 Å². The molecule has 0 atom stereocenters. The zero-order chi connectivity index (χ0) is 11.1. The molecule has 0 aliphatic rings. The molecule has 1 nitrogen and oxygen atoms in total. The number of allylic oxidation sites excluding steroid dienone is 1. The van der Waals surface area contributed by atoms with Gasteiger partial charge in [0.15, 0.2) is 5.78 Å². The van der Waals surface area contributed by atoms with Crippen LogP contribution in [0.4, 0.5) is 0 Å². The summed E-state index contributed by atoms with van der Waals surface area (Å²) in [5, 5.41) is 0. The van der Waals surface area contributed by atoms with Gasteiger partial charge in [-0.25, -0.2) is 0 Å². The number of carbonyl (C=O) groups is 1. The van der Waals surface area contributed by atoms with Crippen molar-refractivity contribution in [1.82, 2.24) is 0 Å². The van der Waals surface area contributed by atoms with Crippen LogP contribution in [0, 0.1) is 0 Å². The van der Waals surface area contributed by atoms with Gasteiger partial charge in [0.25, 0.3) is 0 Å². The molecule has 0 unspecified atom stereocenters. The van der Waals surface area contributed by atoms with E-state index in [2.05, 4.69) is 22.5 Å². The fourth-order valence-corrected chi connectivity index (χ4v) is 2.69. The third-order valence-corrected chi connectivity index (χ3v) is 3.82. The van der Waals surface area contributed by atoms with Gasteiger partial charge in [0.05, 0.1) is 8.66 Å². The molecule has 0 bridgehead atoms. The molecular weight excluding hydrogens is 272 g/mol. The van der Waals surface area contributed by atoms with Crippen LogP contribution in [0.1, 0.15) is 41.8 Å². The van der Waals surface area contributed by atoms with Crippen molar-refractivity contribution < 1.29 is 4.79 Å². The number of halogens is 1. The molecule has 82 valence electrons. The minimum atomic E-state index is 0.268. The Labute approximate surface area is 103 Å². The number of unbranched alkanes of at least 4 members (excludes halogenated alkanes) is 3. The highest BCUT2D eigenvalue weighted by atomic mass is 79.9. The summed E-state index contributed by atoms with van der Waals surface area (Å²) >= 11 is 4.87. The zero-order valence-corrected chi connectivity index (χ0v) is 11.1. The van der Waals surface area contributed by atoms with Crippen molar-refractivity contribution in [1.29, 1.82) is 0 Å². The number of rotatable bonds is 7. The fraction of sp³-hybridized carbons (Fsp3) is 0.417. The van der Waals surface area contributed by atoms with Gasteiger partial charge in [0.2, 0.25) is 0 Å². The lowest BCUT2D eigenvalue weighted by Gasteiger charge is -1.97. The quantitative estimate of drug-likeness (QED) is 0.399. The van der Waals surface area contributed by atoms with Gasteiger partial charge in [-0.2, -0.15) is 0 Å². The Balaban J connectivity index is 2.22. The smallest absolute Gasteiger partial charge is 0.172 e. The molecule has 1 aromatic heterocycles. The third-order valence-electron chi connectivity index (χ3n) is 2.16. The molecule has 0 aliphatic heterocycles. The summed E-state index contributed by atoms with van der Waals surface area (Å²) in [6, 6.07) is 3.82. The van der Waals surface area contributed by atoms with Crippen molar-refractivity contribution in [3.63, 3.8) is 0 Å². The third kappa shape index (κ3) is 4.76. The molecule has 0 saturated carbocycles. The van der Waals surface area contributed by atoms with Crippen molar-refractivity contribution in [2.24, 2.45) is 0 Å². The van der Waals surface area contributed by atoms with E-state index >= 15 is 0 Å². The van der Waals surface area contributed by atoms with Crippen LogP contribution in [-0.4, -0.2) is 5.78 Å². The highest BCUT2D eigenvalue weighted by Gasteiger charge is 2.07. The largest absolute Gasteiger partial charge is 0.293 e. The number of ketones is 1. The second-order valence-electron chi connectivity index (χ2n) is 3.41. The molecule has 0 aromatic carbocycles. The summed E-state index contributed by atoms with van der Waals surface area (Å²) in [6.45, 7) is 3.67. The van der Waals surface area contributed by atoms with Crippen LogP contribution in [-0.2, 0) is 0 Å². The van der Waals surface area contributed by atoms with E-state index < -0.39 is 0 Å². The first-order valence-corrected chi connectivity index (χ1v) is 6.74. The van der Waals surface area contributed by atoms with Crippen molar-refractivity contribution in [3.8, 4) is 0 Å². The average molecular weight is 287 g/mol. The summed E-state index contributed by atoms with van der Waals surface area (Å²) in [6.07, 6.45) is 6.90. The maximum atomic E-state index is 11.7. The van der Waals surface area contributed by atoms with Crippen molar-refractivity contribution in [2.45, 2.75) is 32.1 Å². The molecule has 15 heavy (non-hydrogen) atoms. The minimum absolute atomic E-state index is 0.268. The van der Waals surface area contributed by atoms with Crippen molar-refractivity contribution >= 4 is 33.0 Å². The molecule has 1 rings (SSSR count). The molecule has 1 aromatic rings. The van der Waals surface area contributed by atoms with Gasteiger partial charge < -0.3 is 0 Å². The van der Waals surface area contributed by atoms with Gasteiger partial charge in [-0.05, 0) is 47.3 Å². The average Bonchev–Trinajstić information content (AvgIpc) is 2.64. The van der Waals surface area contributed by atoms with E-state index in [-0.39, 0.29) is 5.78 Å². The lowest BCUT2D eigenvalue weighted by molar-refractivity contribution is 0.0983. The van der Waals surface area contributed by atoms with Gasteiger partial charge >= 0.3 is 0 Å². The van der Waals surface area contributed by atoms with E-state index in [9.17, 15) is 4.79 Å². The van der Waals surface area contributed by atoms with E-state index in [1.54, 1.807) is 0 Å². The summed E-state index contributed by atoms with van der Waals surface area (Å²) < 4.78 is 1.03. The topological polar surface area (TPSA) is 17.1 Å². The molecule has 0 saturated heterocycles. The van der Waals surface area contributed by atoms with Crippen LogP contribution >= 0.6 is 27.3 Å². The molecule has 0 radical (unpaired) electrons. The normalized spacial score (nSPS) is 10.2. The summed E-state index contributed by atoms with van der Waals surface area (Å²) in [7, 11) is 0. The van der Waals surface area contributed by atoms with Crippen LogP contribution in [0.2, 0.25) is 0 Å². The second-order valence-corrected chi connectivity index (χ2v) is 5.88. The van der Waals surface area contributed by atoms with Crippen molar-refractivity contribution in [2.75, 3.05) is 0 Å². The number of carbonyl (C=O) groups excluding carboxylic acids is 1. The number of hydrogen-bond donors (Lipinski definition) is 0. The van der Waals surface area contributed by atoms with Crippen LogP contribution < -0.4 is 0 Å². The van der Waals surface area contributed by atoms with Crippen LogP contribution in [0.25, 0.3) is 0 Å². The number of Topliss-reactive ketones (excluding diaryl/α,β-unsaturated/α-hetero) is 1. The van der Waals surface area contributed by atoms with Crippen molar-refractivity contribution in [3.05, 3.63) is 33.5 Å². The lowest BCUT2D eigenvalue weighted by Crippen LogP contribution is -1.95. The van der Waals surface area contributed by atoms with Gasteiger partial charge in [-0.3, -0.25) is 4.79 Å². The Bertz CT molecular complexity index is 330. The van der Waals surface area contributed by atoms with Crippen LogP contribution in [0.3, 0.4) is 0 Å². The summed E-state index contributed by atoms with van der Waals surface area (Å²) in [5.41, 5.74) is 0.